The van der Waals surface area contributed by atoms with Crippen LogP contribution in [-0.4, -0.2) is 18.6 Å². The van der Waals surface area contributed by atoms with Crippen LogP contribution in [0.1, 0.15) is 20.7 Å². The van der Waals surface area contributed by atoms with Gasteiger partial charge in [-0.15, -0.1) is 0 Å². The molecule has 2 amide bonds. The summed E-state index contributed by atoms with van der Waals surface area (Å²) in [6.45, 7) is 0.0972. The van der Waals surface area contributed by atoms with Crippen LogP contribution in [0.25, 0.3) is 0 Å². The van der Waals surface area contributed by atoms with Crippen LogP contribution < -0.4 is 20.3 Å². The number of carbonyl (C=O) groups is 2. The van der Waals surface area contributed by atoms with Crippen molar-refractivity contribution in [3.8, 4) is 11.5 Å². The van der Waals surface area contributed by atoms with Gasteiger partial charge in [-0.3, -0.25) is 20.4 Å². The molecule has 0 bridgehead atoms. The van der Waals surface area contributed by atoms with Crippen molar-refractivity contribution in [2.45, 2.75) is 0 Å². The molecule has 8 heteroatoms. The van der Waals surface area contributed by atoms with E-state index < -0.39 is 17.6 Å². The standard InChI is InChI=1S/C15H10BrFN2O4/c16-9-2-3-10(11(17)6-9)15(21)19-18-14(20)8-1-4-12-13(5-8)23-7-22-12/h1-6H,7H2,(H,18,20)(H,19,21). The second-order valence-corrected chi connectivity index (χ2v) is 5.52. The zero-order chi connectivity index (χ0) is 16.4. The summed E-state index contributed by atoms with van der Waals surface area (Å²) in [5, 5.41) is 0. The number of hydrazine groups is 1. The van der Waals surface area contributed by atoms with Gasteiger partial charge in [0.05, 0.1) is 5.56 Å². The zero-order valence-electron chi connectivity index (χ0n) is 11.6. The van der Waals surface area contributed by atoms with E-state index >= 15 is 0 Å². The third-order valence-electron chi connectivity index (χ3n) is 3.10. The van der Waals surface area contributed by atoms with Crippen LogP contribution >= 0.6 is 15.9 Å². The number of halogens is 2. The molecule has 6 nitrogen and oxygen atoms in total. The lowest BCUT2D eigenvalue weighted by molar-refractivity contribution is 0.0844. The van der Waals surface area contributed by atoms with Crippen LogP contribution in [0.4, 0.5) is 4.39 Å². The number of fused-ring (bicyclic) bond motifs is 1. The summed E-state index contributed by atoms with van der Waals surface area (Å²) >= 11 is 3.10. The van der Waals surface area contributed by atoms with Crippen LogP contribution in [0, 0.1) is 5.82 Å². The normalized spacial score (nSPS) is 11.9. The average molecular weight is 381 g/mol. The van der Waals surface area contributed by atoms with E-state index in [0.29, 0.717) is 16.0 Å². The Hall–Kier alpha value is -2.61. The largest absolute Gasteiger partial charge is 0.454 e. The lowest BCUT2D eigenvalue weighted by Gasteiger charge is -2.08. The van der Waals surface area contributed by atoms with E-state index in [1.54, 1.807) is 6.07 Å². The molecule has 118 valence electrons. The Balaban J connectivity index is 1.65. The van der Waals surface area contributed by atoms with Gasteiger partial charge in [0.15, 0.2) is 11.5 Å². The van der Waals surface area contributed by atoms with Gasteiger partial charge in [0.2, 0.25) is 6.79 Å². The van der Waals surface area contributed by atoms with E-state index in [1.165, 1.54) is 24.3 Å². The fourth-order valence-electron chi connectivity index (χ4n) is 1.96. The van der Waals surface area contributed by atoms with Crippen LogP contribution in [0.5, 0.6) is 11.5 Å². The number of benzene rings is 2. The van der Waals surface area contributed by atoms with Crippen molar-refractivity contribution in [1.29, 1.82) is 0 Å². The smallest absolute Gasteiger partial charge is 0.272 e. The highest BCUT2D eigenvalue weighted by Gasteiger charge is 2.17. The average Bonchev–Trinajstić information content (AvgIpc) is 2.99. The van der Waals surface area contributed by atoms with E-state index in [0.717, 1.165) is 6.07 Å². The lowest BCUT2D eigenvalue weighted by Crippen LogP contribution is -2.41. The van der Waals surface area contributed by atoms with Crippen LogP contribution in [0.15, 0.2) is 40.9 Å². The molecule has 3 rings (SSSR count). The molecule has 0 saturated carbocycles. The first-order valence-electron chi connectivity index (χ1n) is 6.50. The molecule has 1 aliphatic rings. The lowest BCUT2D eigenvalue weighted by atomic mass is 10.2. The molecular formula is C15H10BrFN2O4. The Morgan fingerprint density at radius 3 is 2.52 bits per heavy atom. The summed E-state index contributed by atoms with van der Waals surface area (Å²) in [7, 11) is 0. The van der Waals surface area contributed by atoms with Gasteiger partial charge in [-0.1, -0.05) is 15.9 Å². The molecular weight excluding hydrogens is 371 g/mol. The van der Waals surface area contributed by atoms with Gasteiger partial charge < -0.3 is 9.47 Å². The Morgan fingerprint density at radius 2 is 1.74 bits per heavy atom. The topological polar surface area (TPSA) is 76.7 Å². The fraction of sp³-hybridized carbons (Fsp3) is 0.0667. The second-order valence-electron chi connectivity index (χ2n) is 4.60. The molecule has 2 aromatic rings. The molecule has 0 saturated heterocycles. The minimum absolute atomic E-state index is 0.0972. The molecule has 0 fully saturated rings. The maximum atomic E-state index is 13.7. The van der Waals surface area contributed by atoms with E-state index in [1.807, 2.05) is 0 Å². The third kappa shape index (κ3) is 3.26. The van der Waals surface area contributed by atoms with Gasteiger partial charge in [-0.2, -0.15) is 0 Å². The summed E-state index contributed by atoms with van der Waals surface area (Å²) < 4.78 is 24.5. The number of hydrogen-bond acceptors (Lipinski definition) is 4. The molecule has 0 radical (unpaired) electrons. The third-order valence-corrected chi connectivity index (χ3v) is 3.59. The fourth-order valence-corrected chi connectivity index (χ4v) is 2.30. The summed E-state index contributed by atoms with van der Waals surface area (Å²) in [5.41, 5.74) is 4.46. The number of hydrogen-bond donors (Lipinski definition) is 2. The molecule has 1 heterocycles. The quantitative estimate of drug-likeness (QED) is 0.784. The highest BCUT2D eigenvalue weighted by atomic mass is 79.9. The predicted molar refractivity (Wildman–Crippen MR) is 81.6 cm³/mol. The maximum Gasteiger partial charge on any atom is 0.272 e. The summed E-state index contributed by atoms with van der Waals surface area (Å²) in [6, 6.07) is 8.60. The van der Waals surface area contributed by atoms with Crippen LogP contribution in [-0.2, 0) is 0 Å². The summed E-state index contributed by atoms with van der Waals surface area (Å²) in [6.07, 6.45) is 0. The molecule has 2 aromatic carbocycles. The second kappa shape index (κ2) is 6.25. The Bertz CT molecular complexity index is 797. The Labute approximate surface area is 138 Å². The van der Waals surface area contributed by atoms with Crippen molar-refractivity contribution in [2.75, 3.05) is 6.79 Å². The van der Waals surface area contributed by atoms with Crippen molar-refractivity contribution >= 4 is 27.7 Å². The predicted octanol–water partition coefficient (Wildman–Crippen LogP) is 2.39. The van der Waals surface area contributed by atoms with Gasteiger partial charge in [0.1, 0.15) is 5.82 Å². The van der Waals surface area contributed by atoms with Gasteiger partial charge in [0.25, 0.3) is 11.8 Å². The number of ether oxygens (including phenoxy) is 2. The number of carbonyl (C=O) groups excluding carboxylic acids is 2. The summed E-state index contributed by atoms with van der Waals surface area (Å²) in [4.78, 5) is 23.9. The molecule has 2 N–H and O–H groups in total. The van der Waals surface area contributed by atoms with Crippen molar-refractivity contribution in [1.82, 2.24) is 10.9 Å². The van der Waals surface area contributed by atoms with E-state index in [9.17, 15) is 14.0 Å². The highest BCUT2D eigenvalue weighted by Crippen LogP contribution is 2.32. The molecule has 1 aliphatic heterocycles. The first-order valence-corrected chi connectivity index (χ1v) is 7.29. The minimum atomic E-state index is -0.760. The molecule has 0 spiro atoms. The number of rotatable bonds is 2. The molecule has 0 unspecified atom stereocenters. The van der Waals surface area contributed by atoms with Crippen molar-refractivity contribution in [3.05, 3.63) is 57.8 Å². The zero-order valence-corrected chi connectivity index (χ0v) is 13.1. The van der Waals surface area contributed by atoms with E-state index in [4.69, 9.17) is 9.47 Å². The summed E-state index contributed by atoms with van der Waals surface area (Å²) in [5.74, 6) is -1.03. The van der Waals surface area contributed by atoms with Crippen molar-refractivity contribution < 1.29 is 23.5 Å². The Kier molecular flexibility index (Phi) is 4.16. The molecule has 0 aliphatic carbocycles. The first kappa shape index (κ1) is 15.3. The van der Waals surface area contributed by atoms with Gasteiger partial charge in [-0.05, 0) is 36.4 Å². The minimum Gasteiger partial charge on any atom is -0.454 e. The first-order chi connectivity index (χ1) is 11.0. The van der Waals surface area contributed by atoms with Crippen molar-refractivity contribution in [2.24, 2.45) is 0 Å². The number of nitrogens with one attached hydrogen (secondary N) is 2. The maximum absolute atomic E-state index is 13.7. The SMILES string of the molecule is O=C(NNC(=O)c1ccc(Br)cc1F)c1ccc2c(c1)OCO2. The monoisotopic (exact) mass is 380 g/mol. The van der Waals surface area contributed by atoms with Crippen LogP contribution in [0.2, 0.25) is 0 Å². The number of amides is 2. The van der Waals surface area contributed by atoms with Crippen molar-refractivity contribution in [3.63, 3.8) is 0 Å². The molecule has 0 atom stereocenters. The Morgan fingerprint density at radius 1 is 1.00 bits per heavy atom. The van der Waals surface area contributed by atoms with Crippen LogP contribution in [0.3, 0.4) is 0 Å². The van der Waals surface area contributed by atoms with Gasteiger partial charge >= 0.3 is 0 Å². The van der Waals surface area contributed by atoms with E-state index in [-0.39, 0.29) is 17.9 Å². The molecule has 0 aromatic heterocycles. The highest BCUT2D eigenvalue weighted by molar-refractivity contribution is 9.10. The van der Waals surface area contributed by atoms with Gasteiger partial charge in [0, 0.05) is 10.0 Å². The van der Waals surface area contributed by atoms with Gasteiger partial charge in [-0.25, -0.2) is 4.39 Å². The van der Waals surface area contributed by atoms with E-state index in [2.05, 4.69) is 26.8 Å². The molecule has 23 heavy (non-hydrogen) atoms.